The predicted molar refractivity (Wildman–Crippen MR) is 65.1 cm³/mol. The van der Waals surface area contributed by atoms with Crippen LogP contribution < -0.4 is 5.32 Å². The van der Waals surface area contributed by atoms with Crippen molar-refractivity contribution in [3.63, 3.8) is 0 Å². The fourth-order valence-electron chi connectivity index (χ4n) is 1.17. The van der Waals surface area contributed by atoms with Gasteiger partial charge in [-0.2, -0.15) is 0 Å². The van der Waals surface area contributed by atoms with Gasteiger partial charge in [-0.3, -0.25) is 4.79 Å². The molecule has 0 aromatic heterocycles. The summed E-state index contributed by atoms with van der Waals surface area (Å²) in [6.45, 7) is 0.569. The molecule has 0 unspecified atom stereocenters. The molecule has 0 saturated heterocycles. The molecule has 0 spiro atoms. The standard InChI is InChI=1S/C11H13Cl2NO2/c1-14-7-11(15)16-5-4-8-2-3-9(12)10(13)6-8/h2-3,6,14H,4-5,7H2,1H3. The minimum atomic E-state index is -0.262. The van der Waals surface area contributed by atoms with Crippen LogP contribution in [0.15, 0.2) is 18.2 Å². The number of likely N-dealkylation sites (N-methyl/N-ethyl adjacent to an activating group) is 1. The van der Waals surface area contributed by atoms with Gasteiger partial charge in [0.15, 0.2) is 0 Å². The van der Waals surface area contributed by atoms with Crippen molar-refractivity contribution in [3.8, 4) is 0 Å². The molecule has 0 heterocycles. The Morgan fingerprint density at radius 3 is 2.75 bits per heavy atom. The van der Waals surface area contributed by atoms with Crippen molar-refractivity contribution in [1.82, 2.24) is 5.32 Å². The lowest BCUT2D eigenvalue weighted by molar-refractivity contribution is -0.142. The lowest BCUT2D eigenvalue weighted by Crippen LogP contribution is -2.21. The van der Waals surface area contributed by atoms with Crippen molar-refractivity contribution in [3.05, 3.63) is 33.8 Å². The minimum absolute atomic E-state index is 0.224. The maximum atomic E-state index is 11.0. The van der Waals surface area contributed by atoms with E-state index < -0.39 is 0 Å². The number of esters is 1. The molecule has 1 N–H and O–H groups in total. The number of carbonyl (C=O) groups is 1. The highest BCUT2D eigenvalue weighted by Crippen LogP contribution is 2.22. The molecule has 5 heteroatoms. The molecule has 1 aromatic carbocycles. The van der Waals surface area contributed by atoms with E-state index in [0.29, 0.717) is 23.1 Å². The molecule has 0 aliphatic heterocycles. The van der Waals surface area contributed by atoms with Crippen LogP contribution in [0.25, 0.3) is 0 Å². The van der Waals surface area contributed by atoms with Crippen molar-refractivity contribution in [2.45, 2.75) is 6.42 Å². The zero-order valence-electron chi connectivity index (χ0n) is 8.93. The van der Waals surface area contributed by atoms with Gasteiger partial charge in [-0.05, 0) is 24.7 Å². The van der Waals surface area contributed by atoms with Crippen molar-refractivity contribution in [1.29, 1.82) is 0 Å². The molecule has 0 saturated carbocycles. The molecule has 88 valence electrons. The Morgan fingerprint density at radius 2 is 2.12 bits per heavy atom. The van der Waals surface area contributed by atoms with Crippen molar-refractivity contribution < 1.29 is 9.53 Å². The zero-order valence-corrected chi connectivity index (χ0v) is 10.4. The molecule has 1 rings (SSSR count). The van der Waals surface area contributed by atoms with Gasteiger partial charge in [0.05, 0.1) is 23.2 Å². The molecule has 0 fully saturated rings. The third-order valence-corrected chi connectivity index (χ3v) is 2.70. The van der Waals surface area contributed by atoms with Crippen LogP contribution >= 0.6 is 23.2 Å². The second kappa shape index (κ2) is 6.74. The summed E-state index contributed by atoms with van der Waals surface area (Å²) in [6, 6.07) is 5.37. The molecule has 0 aliphatic carbocycles. The highest BCUT2D eigenvalue weighted by Gasteiger charge is 2.02. The lowest BCUT2D eigenvalue weighted by Gasteiger charge is -2.05. The second-order valence-corrected chi connectivity index (χ2v) is 4.06. The summed E-state index contributed by atoms with van der Waals surface area (Å²) in [7, 11) is 1.69. The third-order valence-electron chi connectivity index (χ3n) is 1.96. The second-order valence-electron chi connectivity index (χ2n) is 3.25. The first-order valence-corrected chi connectivity index (χ1v) is 5.63. The van der Waals surface area contributed by atoms with Crippen LogP contribution in [-0.2, 0) is 16.0 Å². The fraction of sp³-hybridized carbons (Fsp3) is 0.364. The van der Waals surface area contributed by atoms with Gasteiger partial charge in [-0.15, -0.1) is 0 Å². The number of hydrogen-bond acceptors (Lipinski definition) is 3. The number of hydrogen-bond donors (Lipinski definition) is 1. The topological polar surface area (TPSA) is 38.3 Å². The van der Waals surface area contributed by atoms with Gasteiger partial charge in [0.25, 0.3) is 0 Å². The molecular formula is C11H13Cl2NO2. The van der Waals surface area contributed by atoms with Gasteiger partial charge in [0.2, 0.25) is 0 Å². The summed E-state index contributed by atoms with van der Waals surface area (Å²) in [5.74, 6) is -0.262. The number of carbonyl (C=O) groups excluding carboxylic acids is 1. The van der Waals surface area contributed by atoms with Crippen LogP contribution in [0.1, 0.15) is 5.56 Å². The van der Waals surface area contributed by atoms with E-state index in [4.69, 9.17) is 27.9 Å². The Morgan fingerprint density at radius 1 is 1.38 bits per heavy atom. The van der Waals surface area contributed by atoms with E-state index in [0.717, 1.165) is 5.56 Å². The van der Waals surface area contributed by atoms with E-state index in [1.165, 1.54) is 0 Å². The van der Waals surface area contributed by atoms with Gasteiger partial charge < -0.3 is 10.1 Å². The van der Waals surface area contributed by atoms with Crippen LogP contribution in [0.3, 0.4) is 0 Å². The van der Waals surface area contributed by atoms with Gasteiger partial charge >= 0.3 is 5.97 Å². The number of ether oxygens (including phenoxy) is 1. The maximum Gasteiger partial charge on any atom is 0.319 e. The fourth-order valence-corrected chi connectivity index (χ4v) is 1.49. The minimum Gasteiger partial charge on any atom is -0.464 e. The van der Waals surface area contributed by atoms with E-state index in [2.05, 4.69) is 5.32 Å². The zero-order chi connectivity index (χ0) is 12.0. The number of nitrogens with one attached hydrogen (secondary N) is 1. The largest absolute Gasteiger partial charge is 0.464 e. The number of halogens is 2. The Labute approximate surface area is 105 Å². The molecular weight excluding hydrogens is 249 g/mol. The van der Waals surface area contributed by atoms with Crippen LogP contribution in [0.5, 0.6) is 0 Å². The summed E-state index contributed by atoms with van der Waals surface area (Å²) in [5, 5.41) is 3.76. The smallest absolute Gasteiger partial charge is 0.319 e. The van der Waals surface area contributed by atoms with Crippen LogP contribution in [-0.4, -0.2) is 26.2 Å². The summed E-state index contributed by atoms with van der Waals surface area (Å²) in [5.41, 5.74) is 0.992. The Kier molecular flexibility index (Phi) is 5.60. The van der Waals surface area contributed by atoms with Crippen LogP contribution in [0, 0.1) is 0 Å². The summed E-state index contributed by atoms with van der Waals surface area (Å²) >= 11 is 11.6. The molecule has 0 radical (unpaired) electrons. The molecule has 3 nitrogen and oxygen atoms in total. The first kappa shape index (κ1) is 13.3. The van der Waals surface area contributed by atoms with E-state index >= 15 is 0 Å². The first-order chi connectivity index (χ1) is 7.63. The highest BCUT2D eigenvalue weighted by atomic mass is 35.5. The van der Waals surface area contributed by atoms with Crippen LogP contribution in [0.4, 0.5) is 0 Å². The average Bonchev–Trinajstić information content (AvgIpc) is 2.24. The Bertz CT molecular complexity index is 369. The lowest BCUT2D eigenvalue weighted by atomic mass is 10.2. The summed E-state index contributed by atoms with van der Waals surface area (Å²) in [6.07, 6.45) is 0.631. The summed E-state index contributed by atoms with van der Waals surface area (Å²) < 4.78 is 4.98. The Hall–Kier alpha value is -0.770. The monoisotopic (exact) mass is 261 g/mol. The van der Waals surface area contributed by atoms with E-state index in [1.54, 1.807) is 19.2 Å². The third kappa shape index (κ3) is 4.39. The number of rotatable bonds is 5. The molecule has 0 aliphatic rings. The van der Waals surface area contributed by atoms with E-state index in [-0.39, 0.29) is 12.5 Å². The van der Waals surface area contributed by atoms with Gasteiger partial charge in [-0.1, -0.05) is 29.3 Å². The van der Waals surface area contributed by atoms with Crippen molar-refractivity contribution in [2.24, 2.45) is 0 Å². The van der Waals surface area contributed by atoms with Gasteiger partial charge in [0.1, 0.15) is 0 Å². The summed E-state index contributed by atoms with van der Waals surface area (Å²) in [4.78, 5) is 11.0. The highest BCUT2D eigenvalue weighted by molar-refractivity contribution is 6.42. The van der Waals surface area contributed by atoms with E-state index in [1.807, 2.05) is 6.07 Å². The van der Waals surface area contributed by atoms with Crippen molar-refractivity contribution >= 4 is 29.2 Å². The van der Waals surface area contributed by atoms with E-state index in [9.17, 15) is 4.79 Å². The van der Waals surface area contributed by atoms with Gasteiger partial charge in [0, 0.05) is 6.42 Å². The first-order valence-electron chi connectivity index (χ1n) is 4.87. The van der Waals surface area contributed by atoms with Crippen molar-refractivity contribution in [2.75, 3.05) is 20.2 Å². The molecule has 0 amide bonds. The van der Waals surface area contributed by atoms with Crippen LogP contribution in [0.2, 0.25) is 10.0 Å². The molecule has 1 aromatic rings. The average molecular weight is 262 g/mol. The predicted octanol–water partition coefficient (Wildman–Crippen LogP) is 2.30. The molecule has 0 bridgehead atoms. The SMILES string of the molecule is CNCC(=O)OCCc1ccc(Cl)c(Cl)c1. The maximum absolute atomic E-state index is 11.0. The normalized spacial score (nSPS) is 10.2. The molecule has 16 heavy (non-hydrogen) atoms. The quantitative estimate of drug-likeness (QED) is 0.827. The number of benzene rings is 1. The molecule has 0 atom stereocenters. The Balaban J connectivity index is 2.37. The van der Waals surface area contributed by atoms with Gasteiger partial charge in [-0.25, -0.2) is 0 Å².